The number of hydrogen-bond donors (Lipinski definition) is 2. The summed E-state index contributed by atoms with van der Waals surface area (Å²) in [5.41, 5.74) is 1.26. The van der Waals surface area contributed by atoms with Crippen LogP contribution in [0.1, 0.15) is 11.7 Å². The van der Waals surface area contributed by atoms with Gasteiger partial charge in [0.05, 0.1) is 12.7 Å². The first-order chi connectivity index (χ1) is 9.78. The van der Waals surface area contributed by atoms with Gasteiger partial charge in [0.25, 0.3) is 0 Å². The second kappa shape index (κ2) is 5.78. The fraction of sp³-hybridized carbons (Fsp3) is 0.429. The fourth-order valence-corrected chi connectivity index (χ4v) is 2.36. The summed E-state index contributed by atoms with van der Waals surface area (Å²) in [5, 5.41) is 12.2. The number of hydrogen-bond acceptors (Lipinski definition) is 5. The van der Waals surface area contributed by atoms with Crippen LogP contribution in [0, 0.1) is 5.82 Å². The minimum absolute atomic E-state index is 0.154. The number of nitrogens with one attached hydrogen (secondary N) is 1. The van der Waals surface area contributed by atoms with Crippen molar-refractivity contribution >= 4 is 5.69 Å². The van der Waals surface area contributed by atoms with Crippen molar-refractivity contribution in [2.24, 2.45) is 0 Å². The third-order valence-electron chi connectivity index (χ3n) is 3.43. The molecule has 1 saturated heterocycles. The van der Waals surface area contributed by atoms with Gasteiger partial charge in [-0.2, -0.15) is 0 Å². The van der Waals surface area contributed by atoms with Gasteiger partial charge in [-0.1, -0.05) is 6.07 Å². The van der Waals surface area contributed by atoms with E-state index in [4.69, 9.17) is 14.6 Å². The van der Waals surface area contributed by atoms with Crippen LogP contribution in [0.25, 0.3) is 0 Å². The SMILES string of the molecule is OCC1=CN(c2ccc([C@@H]3CNCCO3)c(F)c2)CO1. The van der Waals surface area contributed by atoms with Gasteiger partial charge in [-0.15, -0.1) is 0 Å². The van der Waals surface area contributed by atoms with Gasteiger partial charge in [0.15, 0.2) is 6.73 Å². The maximum Gasteiger partial charge on any atom is 0.165 e. The zero-order chi connectivity index (χ0) is 13.9. The maximum atomic E-state index is 14.2. The fourth-order valence-electron chi connectivity index (χ4n) is 2.36. The number of benzene rings is 1. The molecule has 2 aliphatic rings. The van der Waals surface area contributed by atoms with Gasteiger partial charge in [-0.05, 0) is 12.1 Å². The van der Waals surface area contributed by atoms with Crippen LogP contribution in [0.5, 0.6) is 0 Å². The summed E-state index contributed by atoms with van der Waals surface area (Å²) in [6.45, 7) is 2.15. The average molecular weight is 280 g/mol. The van der Waals surface area contributed by atoms with E-state index in [0.717, 1.165) is 6.54 Å². The zero-order valence-electron chi connectivity index (χ0n) is 11.0. The van der Waals surface area contributed by atoms with Crippen molar-refractivity contribution in [3.63, 3.8) is 0 Å². The van der Waals surface area contributed by atoms with Gasteiger partial charge >= 0.3 is 0 Å². The molecule has 0 unspecified atom stereocenters. The lowest BCUT2D eigenvalue weighted by Crippen LogP contribution is -2.33. The van der Waals surface area contributed by atoms with Gasteiger partial charge in [0.2, 0.25) is 0 Å². The average Bonchev–Trinajstić information content (AvgIpc) is 2.97. The lowest BCUT2D eigenvalue weighted by molar-refractivity contribution is 0.0255. The highest BCUT2D eigenvalue weighted by Gasteiger charge is 2.21. The Morgan fingerprint density at radius 3 is 3.00 bits per heavy atom. The Labute approximate surface area is 116 Å². The summed E-state index contributed by atoms with van der Waals surface area (Å²) in [4.78, 5) is 1.75. The van der Waals surface area contributed by atoms with Crippen molar-refractivity contribution in [2.45, 2.75) is 6.10 Å². The first kappa shape index (κ1) is 13.4. The van der Waals surface area contributed by atoms with E-state index in [1.165, 1.54) is 6.07 Å². The van der Waals surface area contributed by atoms with Crippen LogP contribution in [-0.4, -0.2) is 38.1 Å². The Kier molecular flexibility index (Phi) is 3.86. The van der Waals surface area contributed by atoms with Crippen molar-refractivity contribution in [1.29, 1.82) is 0 Å². The number of aliphatic hydroxyl groups excluding tert-OH is 1. The summed E-state index contributed by atoms with van der Waals surface area (Å²) in [6.07, 6.45) is 1.43. The van der Waals surface area contributed by atoms with E-state index in [-0.39, 0.29) is 25.3 Å². The largest absolute Gasteiger partial charge is 0.473 e. The topological polar surface area (TPSA) is 54.0 Å². The number of morpholine rings is 1. The molecule has 5 nitrogen and oxygen atoms in total. The van der Waals surface area contributed by atoms with Crippen molar-refractivity contribution in [1.82, 2.24) is 5.32 Å². The van der Waals surface area contributed by atoms with E-state index >= 15 is 0 Å². The second-order valence-electron chi connectivity index (χ2n) is 4.77. The molecular weight excluding hydrogens is 263 g/mol. The monoisotopic (exact) mass is 280 g/mol. The number of nitrogens with zero attached hydrogens (tertiary/aromatic N) is 1. The quantitative estimate of drug-likeness (QED) is 0.869. The molecule has 6 heteroatoms. The normalized spacial score (nSPS) is 22.6. The molecular formula is C14H17FN2O3. The van der Waals surface area contributed by atoms with E-state index in [2.05, 4.69) is 5.32 Å². The van der Waals surface area contributed by atoms with Crippen molar-refractivity contribution < 1.29 is 19.0 Å². The van der Waals surface area contributed by atoms with Crippen molar-refractivity contribution in [3.8, 4) is 0 Å². The molecule has 20 heavy (non-hydrogen) atoms. The first-order valence-corrected chi connectivity index (χ1v) is 6.60. The number of rotatable bonds is 3. The summed E-state index contributed by atoms with van der Waals surface area (Å²) >= 11 is 0. The van der Waals surface area contributed by atoms with Crippen LogP contribution < -0.4 is 10.2 Å². The molecule has 0 aliphatic carbocycles. The molecule has 3 rings (SSSR count). The lowest BCUT2D eigenvalue weighted by atomic mass is 10.1. The second-order valence-corrected chi connectivity index (χ2v) is 4.77. The first-order valence-electron chi connectivity index (χ1n) is 6.60. The minimum atomic E-state index is -0.290. The summed E-state index contributed by atoms with van der Waals surface area (Å²) in [7, 11) is 0. The summed E-state index contributed by atoms with van der Waals surface area (Å²) in [5.74, 6) is 0.191. The molecule has 108 valence electrons. The smallest absolute Gasteiger partial charge is 0.165 e. The van der Waals surface area contributed by atoms with Crippen LogP contribution in [0.2, 0.25) is 0 Å². The number of anilines is 1. The predicted octanol–water partition coefficient (Wildman–Crippen LogP) is 1.11. The van der Waals surface area contributed by atoms with E-state index < -0.39 is 0 Å². The number of ether oxygens (including phenoxy) is 2. The zero-order valence-corrected chi connectivity index (χ0v) is 11.0. The highest BCUT2D eigenvalue weighted by Crippen LogP contribution is 2.27. The molecule has 2 aliphatic heterocycles. The predicted molar refractivity (Wildman–Crippen MR) is 71.6 cm³/mol. The highest BCUT2D eigenvalue weighted by atomic mass is 19.1. The minimum Gasteiger partial charge on any atom is -0.473 e. The molecule has 0 aromatic heterocycles. The van der Waals surface area contributed by atoms with Crippen LogP contribution in [-0.2, 0) is 9.47 Å². The maximum absolute atomic E-state index is 14.2. The summed E-state index contributed by atoms with van der Waals surface area (Å²) < 4.78 is 25.0. The third kappa shape index (κ3) is 2.63. The van der Waals surface area contributed by atoms with Crippen molar-refractivity contribution in [2.75, 3.05) is 37.9 Å². The van der Waals surface area contributed by atoms with Crippen LogP contribution in [0.15, 0.2) is 30.2 Å². The Bertz CT molecular complexity index is 515. The van der Waals surface area contributed by atoms with Gasteiger partial charge in [0.1, 0.15) is 18.2 Å². The van der Waals surface area contributed by atoms with Crippen LogP contribution in [0.3, 0.4) is 0 Å². The molecule has 1 aromatic rings. The van der Waals surface area contributed by atoms with Gasteiger partial charge in [-0.3, -0.25) is 0 Å². The Morgan fingerprint density at radius 1 is 1.45 bits per heavy atom. The van der Waals surface area contributed by atoms with E-state index in [1.54, 1.807) is 17.2 Å². The lowest BCUT2D eigenvalue weighted by Gasteiger charge is -2.25. The van der Waals surface area contributed by atoms with E-state index in [9.17, 15) is 4.39 Å². The Morgan fingerprint density at radius 2 is 2.35 bits per heavy atom. The van der Waals surface area contributed by atoms with Gasteiger partial charge < -0.3 is 24.8 Å². The molecule has 1 atom stereocenters. The van der Waals surface area contributed by atoms with E-state index in [1.807, 2.05) is 6.07 Å². The molecule has 2 N–H and O–H groups in total. The van der Waals surface area contributed by atoms with Crippen molar-refractivity contribution in [3.05, 3.63) is 41.5 Å². The molecule has 0 saturated carbocycles. The van der Waals surface area contributed by atoms with E-state index in [0.29, 0.717) is 30.2 Å². The molecule has 1 fully saturated rings. The number of halogens is 1. The highest BCUT2D eigenvalue weighted by molar-refractivity contribution is 5.52. The van der Waals surface area contributed by atoms with Gasteiger partial charge in [0, 0.05) is 30.5 Å². The summed E-state index contributed by atoms with van der Waals surface area (Å²) in [6, 6.07) is 5.04. The Hall–Kier alpha value is -1.63. The number of aliphatic hydroxyl groups is 1. The molecule has 2 heterocycles. The molecule has 1 aromatic carbocycles. The standard InChI is InChI=1S/C14H17FN2O3/c15-13-5-10(17-7-11(8-18)20-9-17)1-2-12(13)14-6-16-3-4-19-14/h1-2,5,7,14,16,18H,3-4,6,8-9H2/t14-/m0/s1. The molecule has 0 bridgehead atoms. The van der Waals surface area contributed by atoms with Crippen LogP contribution >= 0.6 is 0 Å². The molecule has 0 radical (unpaired) electrons. The molecule has 0 spiro atoms. The Balaban J connectivity index is 1.79. The third-order valence-corrected chi connectivity index (χ3v) is 3.43. The van der Waals surface area contributed by atoms with Crippen LogP contribution in [0.4, 0.5) is 10.1 Å². The molecule has 0 amide bonds. The van der Waals surface area contributed by atoms with Gasteiger partial charge in [-0.25, -0.2) is 4.39 Å².